The smallest absolute Gasteiger partial charge is 0.124 e. The monoisotopic (exact) mass is 183 g/mol. The normalized spacial score (nSPS) is 10.8. The van der Waals surface area contributed by atoms with Gasteiger partial charge in [0, 0.05) is 10.6 Å². The number of hydrogen-bond donors (Lipinski definition) is 1. The van der Waals surface area contributed by atoms with Gasteiger partial charge < -0.3 is 5.11 Å². The summed E-state index contributed by atoms with van der Waals surface area (Å²) in [5.74, 6) is 0. The van der Waals surface area contributed by atoms with Gasteiger partial charge in [-0.1, -0.05) is 36.7 Å². The SMILES string of the molecule is CC[C](O)c1cccc(C)c1Cl. The lowest BCUT2D eigenvalue weighted by atomic mass is 10.0. The number of aliphatic hydroxyl groups excluding tert-OH is 1. The summed E-state index contributed by atoms with van der Waals surface area (Å²) < 4.78 is 0. The molecule has 12 heavy (non-hydrogen) atoms. The van der Waals surface area contributed by atoms with Crippen molar-refractivity contribution in [2.45, 2.75) is 20.3 Å². The summed E-state index contributed by atoms with van der Waals surface area (Å²) in [5, 5.41) is 10.1. The Kier molecular flexibility index (Phi) is 3.12. The van der Waals surface area contributed by atoms with Crippen molar-refractivity contribution in [3.8, 4) is 0 Å². The minimum Gasteiger partial charge on any atom is -0.382 e. The van der Waals surface area contributed by atoms with E-state index in [-0.39, 0.29) is 0 Å². The van der Waals surface area contributed by atoms with Gasteiger partial charge >= 0.3 is 0 Å². The van der Waals surface area contributed by atoms with E-state index in [0.29, 0.717) is 17.5 Å². The number of aliphatic hydroxyl groups is 1. The van der Waals surface area contributed by atoms with Gasteiger partial charge in [0.25, 0.3) is 0 Å². The summed E-state index contributed by atoms with van der Waals surface area (Å²) in [6, 6.07) is 5.64. The van der Waals surface area contributed by atoms with Gasteiger partial charge in [0.05, 0.1) is 0 Å². The van der Waals surface area contributed by atoms with Crippen LogP contribution in [0.3, 0.4) is 0 Å². The highest BCUT2D eigenvalue weighted by atomic mass is 35.5. The van der Waals surface area contributed by atoms with Gasteiger partial charge in [-0.05, 0) is 18.9 Å². The molecule has 0 aliphatic rings. The topological polar surface area (TPSA) is 20.2 Å². The Morgan fingerprint density at radius 3 is 2.75 bits per heavy atom. The Hall–Kier alpha value is -0.530. The maximum absolute atomic E-state index is 9.47. The Labute approximate surface area is 78.0 Å². The zero-order valence-corrected chi connectivity index (χ0v) is 8.02. The van der Waals surface area contributed by atoms with Gasteiger partial charge in [-0.3, -0.25) is 0 Å². The van der Waals surface area contributed by atoms with Crippen molar-refractivity contribution in [2.24, 2.45) is 0 Å². The summed E-state index contributed by atoms with van der Waals surface area (Å²) in [7, 11) is 0. The fourth-order valence-electron chi connectivity index (χ4n) is 1.06. The average molecular weight is 184 g/mol. The highest BCUT2D eigenvalue weighted by molar-refractivity contribution is 6.32. The molecule has 1 rings (SSSR count). The van der Waals surface area contributed by atoms with Gasteiger partial charge in [0.15, 0.2) is 0 Å². The molecular formula is C10H12ClO. The van der Waals surface area contributed by atoms with E-state index in [9.17, 15) is 5.11 Å². The Balaban J connectivity index is 3.07. The van der Waals surface area contributed by atoms with Crippen LogP contribution in [0.4, 0.5) is 0 Å². The third-order valence-electron chi connectivity index (χ3n) is 1.84. The molecule has 0 heterocycles. The van der Waals surface area contributed by atoms with E-state index in [1.54, 1.807) is 0 Å². The zero-order chi connectivity index (χ0) is 9.14. The molecule has 0 amide bonds. The van der Waals surface area contributed by atoms with Crippen LogP contribution < -0.4 is 0 Å². The van der Waals surface area contributed by atoms with Crippen molar-refractivity contribution in [3.05, 3.63) is 40.5 Å². The molecule has 0 aliphatic heterocycles. The first-order valence-corrected chi connectivity index (χ1v) is 4.35. The van der Waals surface area contributed by atoms with Crippen molar-refractivity contribution in [2.75, 3.05) is 0 Å². The zero-order valence-electron chi connectivity index (χ0n) is 7.26. The Morgan fingerprint density at radius 1 is 1.50 bits per heavy atom. The highest BCUT2D eigenvalue weighted by Crippen LogP contribution is 2.26. The van der Waals surface area contributed by atoms with Crippen molar-refractivity contribution in [1.82, 2.24) is 0 Å². The third-order valence-corrected chi connectivity index (χ3v) is 2.34. The maximum atomic E-state index is 9.47. The van der Waals surface area contributed by atoms with E-state index < -0.39 is 0 Å². The molecule has 0 aromatic heterocycles. The highest BCUT2D eigenvalue weighted by Gasteiger charge is 2.10. The standard InChI is InChI=1S/C10H12ClO/c1-3-9(12)8-6-4-5-7(2)10(8)11/h4-6,12H,3H2,1-2H3. The van der Waals surface area contributed by atoms with Crippen LogP contribution in [0.25, 0.3) is 0 Å². The van der Waals surface area contributed by atoms with Gasteiger partial charge in [-0.2, -0.15) is 0 Å². The number of benzene rings is 1. The fourth-order valence-corrected chi connectivity index (χ4v) is 1.30. The first kappa shape index (κ1) is 9.56. The molecule has 1 radical (unpaired) electrons. The molecule has 0 spiro atoms. The summed E-state index contributed by atoms with van der Waals surface area (Å²) >= 11 is 5.99. The predicted molar refractivity (Wildman–Crippen MR) is 50.8 cm³/mol. The molecule has 2 heteroatoms. The molecule has 1 aromatic carbocycles. The van der Waals surface area contributed by atoms with Crippen LogP contribution in [-0.2, 0) is 0 Å². The van der Waals surface area contributed by atoms with Crippen LogP contribution in [0.15, 0.2) is 18.2 Å². The maximum Gasteiger partial charge on any atom is 0.124 e. The summed E-state index contributed by atoms with van der Waals surface area (Å²) in [6.07, 6.45) is 0.965. The number of aryl methyl sites for hydroxylation is 1. The number of hydrogen-bond acceptors (Lipinski definition) is 1. The van der Waals surface area contributed by atoms with Crippen LogP contribution in [0.2, 0.25) is 5.02 Å². The van der Waals surface area contributed by atoms with Crippen LogP contribution in [0.5, 0.6) is 0 Å². The Morgan fingerprint density at radius 2 is 2.17 bits per heavy atom. The minimum absolute atomic E-state index is 0.351. The summed E-state index contributed by atoms with van der Waals surface area (Å²) in [5.41, 5.74) is 1.74. The molecule has 0 aliphatic carbocycles. The lowest BCUT2D eigenvalue weighted by Gasteiger charge is -2.10. The van der Waals surface area contributed by atoms with Crippen LogP contribution in [0, 0.1) is 13.0 Å². The summed E-state index contributed by atoms with van der Waals surface area (Å²) in [6.45, 7) is 3.82. The molecule has 65 valence electrons. The van der Waals surface area contributed by atoms with E-state index in [4.69, 9.17) is 11.6 Å². The van der Waals surface area contributed by atoms with Gasteiger partial charge in [0.1, 0.15) is 6.10 Å². The van der Waals surface area contributed by atoms with Crippen molar-refractivity contribution in [3.63, 3.8) is 0 Å². The van der Waals surface area contributed by atoms with Gasteiger partial charge in [-0.25, -0.2) is 0 Å². The quantitative estimate of drug-likeness (QED) is 0.746. The van der Waals surface area contributed by atoms with Crippen LogP contribution in [-0.4, -0.2) is 5.11 Å². The average Bonchev–Trinajstić information content (AvgIpc) is 2.08. The van der Waals surface area contributed by atoms with E-state index >= 15 is 0 Å². The summed E-state index contributed by atoms with van der Waals surface area (Å²) in [4.78, 5) is 0. The Bertz CT molecular complexity index is 271. The molecule has 0 saturated carbocycles. The lowest BCUT2D eigenvalue weighted by molar-refractivity contribution is 0.319. The van der Waals surface area contributed by atoms with E-state index in [2.05, 4.69) is 0 Å². The molecule has 0 atom stereocenters. The van der Waals surface area contributed by atoms with Gasteiger partial charge in [-0.15, -0.1) is 0 Å². The molecule has 0 unspecified atom stereocenters. The van der Waals surface area contributed by atoms with E-state index in [1.807, 2.05) is 32.0 Å². The van der Waals surface area contributed by atoms with E-state index in [1.165, 1.54) is 0 Å². The third kappa shape index (κ3) is 1.79. The van der Waals surface area contributed by atoms with Crippen molar-refractivity contribution >= 4 is 11.6 Å². The molecule has 0 saturated heterocycles. The minimum atomic E-state index is 0.351. The van der Waals surface area contributed by atoms with Crippen molar-refractivity contribution in [1.29, 1.82) is 0 Å². The molecule has 0 bridgehead atoms. The lowest BCUT2D eigenvalue weighted by Crippen LogP contribution is -1.97. The first-order chi connectivity index (χ1) is 5.66. The molecule has 1 nitrogen and oxygen atoms in total. The second kappa shape index (κ2) is 3.92. The predicted octanol–water partition coefficient (Wildman–Crippen LogP) is 3.31. The molecule has 1 aromatic rings. The van der Waals surface area contributed by atoms with Crippen molar-refractivity contribution < 1.29 is 5.11 Å². The van der Waals surface area contributed by atoms with Crippen LogP contribution in [0.1, 0.15) is 24.5 Å². The first-order valence-electron chi connectivity index (χ1n) is 3.97. The molecule has 0 fully saturated rings. The second-order valence-corrected chi connectivity index (χ2v) is 3.11. The largest absolute Gasteiger partial charge is 0.382 e. The van der Waals surface area contributed by atoms with Gasteiger partial charge in [0.2, 0.25) is 0 Å². The fraction of sp³-hybridized carbons (Fsp3) is 0.300. The van der Waals surface area contributed by atoms with E-state index in [0.717, 1.165) is 11.1 Å². The van der Waals surface area contributed by atoms with Crippen LogP contribution >= 0.6 is 11.6 Å². The number of rotatable bonds is 2. The molecular weight excluding hydrogens is 172 g/mol. The molecule has 1 N–H and O–H groups in total. The number of halogens is 1. The second-order valence-electron chi connectivity index (χ2n) is 2.74.